The van der Waals surface area contributed by atoms with E-state index in [2.05, 4.69) is 28.7 Å². The van der Waals surface area contributed by atoms with Crippen LogP contribution in [0.3, 0.4) is 0 Å². The Hall–Kier alpha value is -1.59. The molecule has 2 heterocycles. The first-order valence-corrected chi connectivity index (χ1v) is 9.15. The van der Waals surface area contributed by atoms with Gasteiger partial charge in [0, 0.05) is 24.2 Å². The lowest BCUT2D eigenvalue weighted by Gasteiger charge is -2.31. The van der Waals surface area contributed by atoms with E-state index in [1.54, 1.807) is 7.11 Å². The molecular formula is C19H27N3O2. The van der Waals surface area contributed by atoms with Gasteiger partial charge >= 0.3 is 0 Å². The summed E-state index contributed by atoms with van der Waals surface area (Å²) in [6.07, 6.45) is 4.56. The summed E-state index contributed by atoms with van der Waals surface area (Å²) in [6, 6.07) is 8.72. The Kier molecular flexibility index (Phi) is 4.22. The molecule has 0 spiro atoms. The van der Waals surface area contributed by atoms with Gasteiger partial charge in [0.05, 0.1) is 19.1 Å². The van der Waals surface area contributed by atoms with Gasteiger partial charge in [-0.2, -0.15) is 0 Å². The van der Waals surface area contributed by atoms with Gasteiger partial charge < -0.3 is 9.64 Å². The Morgan fingerprint density at radius 2 is 2.00 bits per heavy atom. The molecule has 1 aliphatic carbocycles. The standard InChI is InChI=1S/C19H27N3O2/c1-12-17(18(21-20-12)13-9-10-13)19(23)22-11-5-7-15(22)14-6-3-4-8-16(14)24-2/h3-4,6,8,12-13,15,17-18,20-21H,5,7,9-11H2,1-2H3. The maximum atomic E-state index is 13.4. The predicted octanol–water partition coefficient (Wildman–Crippen LogP) is 2.25. The number of likely N-dealkylation sites (tertiary alicyclic amines) is 1. The van der Waals surface area contributed by atoms with Gasteiger partial charge in [0.1, 0.15) is 5.75 Å². The summed E-state index contributed by atoms with van der Waals surface area (Å²) >= 11 is 0. The number of amides is 1. The Morgan fingerprint density at radius 3 is 2.75 bits per heavy atom. The Balaban J connectivity index is 1.59. The minimum atomic E-state index is 0.0350. The summed E-state index contributed by atoms with van der Waals surface area (Å²) in [6.45, 7) is 2.97. The molecule has 0 aromatic heterocycles. The van der Waals surface area contributed by atoms with E-state index in [4.69, 9.17) is 4.74 Å². The maximum Gasteiger partial charge on any atom is 0.229 e. The van der Waals surface area contributed by atoms with E-state index in [0.29, 0.717) is 11.8 Å². The number of rotatable bonds is 4. The number of hydrogen-bond donors (Lipinski definition) is 2. The van der Waals surface area contributed by atoms with Crippen LogP contribution < -0.4 is 15.6 Å². The van der Waals surface area contributed by atoms with Crippen LogP contribution in [0.1, 0.15) is 44.2 Å². The molecular weight excluding hydrogens is 302 g/mol. The highest BCUT2D eigenvalue weighted by molar-refractivity contribution is 5.81. The first kappa shape index (κ1) is 15.9. The van der Waals surface area contributed by atoms with Gasteiger partial charge in [-0.1, -0.05) is 18.2 Å². The lowest BCUT2D eigenvalue weighted by molar-refractivity contribution is -0.137. The average molecular weight is 329 g/mol. The number of nitrogens with zero attached hydrogens (tertiary/aromatic N) is 1. The fourth-order valence-corrected chi connectivity index (χ4v) is 4.44. The summed E-state index contributed by atoms with van der Waals surface area (Å²) in [4.78, 5) is 15.5. The highest BCUT2D eigenvalue weighted by atomic mass is 16.5. The lowest BCUT2D eigenvalue weighted by Crippen LogP contribution is -2.44. The number of carbonyl (C=O) groups is 1. The van der Waals surface area contributed by atoms with Crippen molar-refractivity contribution in [2.24, 2.45) is 11.8 Å². The highest BCUT2D eigenvalue weighted by Crippen LogP contribution is 2.42. The molecule has 24 heavy (non-hydrogen) atoms. The van der Waals surface area contributed by atoms with E-state index >= 15 is 0 Å². The third kappa shape index (κ3) is 2.70. The highest BCUT2D eigenvalue weighted by Gasteiger charge is 2.48. The van der Waals surface area contributed by atoms with Crippen LogP contribution in [-0.2, 0) is 4.79 Å². The number of benzene rings is 1. The number of para-hydroxylation sites is 1. The van der Waals surface area contributed by atoms with Gasteiger partial charge in [0.15, 0.2) is 0 Å². The summed E-state index contributed by atoms with van der Waals surface area (Å²) < 4.78 is 5.54. The Labute approximate surface area is 143 Å². The van der Waals surface area contributed by atoms with E-state index in [1.165, 1.54) is 12.8 Å². The van der Waals surface area contributed by atoms with Crippen LogP contribution in [0.5, 0.6) is 5.75 Å². The van der Waals surface area contributed by atoms with Gasteiger partial charge in [-0.3, -0.25) is 15.6 Å². The van der Waals surface area contributed by atoms with Crippen molar-refractivity contribution < 1.29 is 9.53 Å². The minimum absolute atomic E-state index is 0.0350. The van der Waals surface area contributed by atoms with E-state index in [9.17, 15) is 4.79 Å². The largest absolute Gasteiger partial charge is 0.496 e. The second kappa shape index (κ2) is 6.37. The fourth-order valence-electron chi connectivity index (χ4n) is 4.44. The summed E-state index contributed by atoms with van der Waals surface area (Å²) in [5.74, 6) is 1.87. The third-order valence-corrected chi connectivity index (χ3v) is 5.85. The molecule has 0 bridgehead atoms. The average Bonchev–Trinajstić information content (AvgIpc) is 3.20. The summed E-state index contributed by atoms with van der Waals surface area (Å²) in [5.41, 5.74) is 7.82. The fraction of sp³-hybridized carbons (Fsp3) is 0.632. The zero-order valence-electron chi connectivity index (χ0n) is 14.5. The smallest absolute Gasteiger partial charge is 0.229 e. The summed E-state index contributed by atoms with van der Waals surface area (Å²) in [7, 11) is 1.70. The molecule has 4 atom stereocenters. The number of ether oxygens (including phenoxy) is 1. The van der Waals surface area contributed by atoms with Crippen molar-refractivity contribution in [1.82, 2.24) is 15.8 Å². The Bertz CT molecular complexity index is 616. The topological polar surface area (TPSA) is 53.6 Å². The molecule has 0 radical (unpaired) electrons. The molecule has 4 unspecified atom stereocenters. The first-order valence-electron chi connectivity index (χ1n) is 9.15. The van der Waals surface area contributed by atoms with Crippen molar-refractivity contribution in [2.75, 3.05) is 13.7 Å². The van der Waals surface area contributed by atoms with Crippen molar-refractivity contribution in [2.45, 2.75) is 50.7 Å². The molecule has 1 amide bonds. The predicted molar refractivity (Wildman–Crippen MR) is 92.4 cm³/mol. The van der Waals surface area contributed by atoms with E-state index in [0.717, 1.165) is 30.7 Å². The van der Waals surface area contributed by atoms with Crippen LogP contribution in [0.2, 0.25) is 0 Å². The van der Waals surface area contributed by atoms with Crippen LogP contribution in [0.15, 0.2) is 24.3 Å². The van der Waals surface area contributed by atoms with Crippen LogP contribution in [-0.4, -0.2) is 36.5 Å². The van der Waals surface area contributed by atoms with Gasteiger partial charge in [0.25, 0.3) is 0 Å². The molecule has 130 valence electrons. The van der Waals surface area contributed by atoms with Crippen LogP contribution in [0, 0.1) is 11.8 Å². The molecule has 2 saturated heterocycles. The van der Waals surface area contributed by atoms with Crippen molar-refractivity contribution >= 4 is 5.91 Å². The lowest BCUT2D eigenvalue weighted by atomic mass is 9.90. The van der Waals surface area contributed by atoms with E-state index in [-0.39, 0.29) is 24.0 Å². The molecule has 2 N–H and O–H groups in total. The normalized spacial score (nSPS) is 33.0. The van der Waals surface area contributed by atoms with Crippen molar-refractivity contribution in [3.63, 3.8) is 0 Å². The monoisotopic (exact) mass is 329 g/mol. The van der Waals surface area contributed by atoms with Crippen LogP contribution in [0.4, 0.5) is 0 Å². The maximum absolute atomic E-state index is 13.4. The van der Waals surface area contributed by atoms with Gasteiger partial charge in [0.2, 0.25) is 5.91 Å². The molecule has 2 aliphatic heterocycles. The molecule has 3 aliphatic rings. The van der Waals surface area contributed by atoms with Crippen molar-refractivity contribution in [1.29, 1.82) is 0 Å². The second-order valence-corrected chi connectivity index (χ2v) is 7.40. The van der Waals surface area contributed by atoms with Gasteiger partial charge in [-0.15, -0.1) is 0 Å². The molecule has 1 aromatic carbocycles. The van der Waals surface area contributed by atoms with E-state index < -0.39 is 0 Å². The molecule has 4 rings (SSSR count). The molecule has 1 saturated carbocycles. The molecule has 1 aromatic rings. The zero-order chi connectivity index (χ0) is 16.7. The molecule has 5 nitrogen and oxygen atoms in total. The number of methoxy groups -OCH3 is 1. The number of hydrazine groups is 1. The summed E-state index contributed by atoms with van der Waals surface area (Å²) in [5, 5.41) is 0. The van der Waals surface area contributed by atoms with Crippen LogP contribution >= 0.6 is 0 Å². The third-order valence-electron chi connectivity index (χ3n) is 5.85. The van der Waals surface area contributed by atoms with Crippen molar-refractivity contribution in [3.05, 3.63) is 29.8 Å². The minimum Gasteiger partial charge on any atom is -0.496 e. The first-order chi connectivity index (χ1) is 11.7. The Morgan fingerprint density at radius 1 is 1.21 bits per heavy atom. The van der Waals surface area contributed by atoms with E-state index in [1.807, 2.05) is 18.2 Å². The second-order valence-electron chi connectivity index (χ2n) is 7.40. The number of nitrogens with one attached hydrogen (secondary N) is 2. The number of carbonyl (C=O) groups excluding carboxylic acids is 1. The molecule has 3 fully saturated rings. The van der Waals surface area contributed by atoms with Crippen LogP contribution in [0.25, 0.3) is 0 Å². The number of hydrogen-bond acceptors (Lipinski definition) is 4. The van der Waals surface area contributed by atoms with Gasteiger partial charge in [-0.25, -0.2) is 0 Å². The zero-order valence-corrected chi connectivity index (χ0v) is 14.5. The van der Waals surface area contributed by atoms with Gasteiger partial charge in [-0.05, 0) is 44.6 Å². The molecule has 5 heteroatoms. The quantitative estimate of drug-likeness (QED) is 0.890. The SMILES string of the molecule is COc1ccccc1C1CCCN1C(=O)C1C(C)NNC1C1CC1. The van der Waals surface area contributed by atoms with Crippen molar-refractivity contribution in [3.8, 4) is 5.75 Å².